The van der Waals surface area contributed by atoms with Crippen molar-refractivity contribution in [3.05, 3.63) is 16.8 Å². The largest absolute Gasteiger partial charge is 0.453 e. The molecule has 0 aromatic carbocycles. The van der Waals surface area contributed by atoms with Gasteiger partial charge in [0.25, 0.3) is 0 Å². The van der Waals surface area contributed by atoms with Crippen LogP contribution in [0.3, 0.4) is 0 Å². The summed E-state index contributed by atoms with van der Waals surface area (Å²) < 4.78 is 25.3. The molecule has 3 fully saturated rings. The first-order valence-electron chi connectivity index (χ1n) is 12.0. The molecule has 1 aliphatic carbocycles. The van der Waals surface area contributed by atoms with Crippen molar-refractivity contribution < 1.29 is 33.5 Å². The van der Waals surface area contributed by atoms with Crippen LogP contribution in [-0.2, 0) is 18.9 Å². The molecule has 3 atom stereocenters. The summed E-state index contributed by atoms with van der Waals surface area (Å²) in [6.45, 7) is 8.92. The van der Waals surface area contributed by atoms with Crippen LogP contribution < -0.4 is 4.90 Å². The Hall–Kier alpha value is -2.27. The summed E-state index contributed by atoms with van der Waals surface area (Å²) in [5, 5.41) is 14.6. The summed E-state index contributed by atoms with van der Waals surface area (Å²) in [6.07, 6.45) is 3.36. The highest BCUT2D eigenvalue weighted by molar-refractivity contribution is 6.30. The SMILES string of the molecule is CC(C)(C)OC(=O)N(c1cc(Cl)nc2c1C=N/[N+]2=C1\O[C@H](CO)[C@H]2OC(C)(C)O[C@@H]12)C1CCCC1. The van der Waals surface area contributed by atoms with Crippen LogP contribution in [0.5, 0.6) is 0 Å². The molecule has 4 heterocycles. The highest BCUT2D eigenvalue weighted by Crippen LogP contribution is 2.41. The molecule has 1 amide bonds. The number of aliphatic hydroxyl groups excluding tert-OH is 1. The number of carbonyl (C=O) groups excluding carboxylic acids is 1. The molecule has 4 aliphatic rings. The molecule has 190 valence electrons. The van der Waals surface area contributed by atoms with Crippen LogP contribution >= 0.6 is 11.6 Å². The number of hydrazone groups is 1. The Labute approximate surface area is 209 Å². The quantitative estimate of drug-likeness (QED) is 0.491. The molecule has 2 saturated heterocycles. The van der Waals surface area contributed by atoms with Gasteiger partial charge < -0.3 is 24.1 Å². The Kier molecular flexibility index (Phi) is 6.06. The number of rotatable bonds is 3. The molecule has 0 spiro atoms. The molecular weight excluding hydrogens is 476 g/mol. The zero-order valence-electron chi connectivity index (χ0n) is 20.7. The van der Waals surface area contributed by atoms with Crippen LogP contribution in [0.1, 0.15) is 65.9 Å². The van der Waals surface area contributed by atoms with Gasteiger partial charge in [-0.1, -0.05) is 22.6 Å². The van der Waals surface area contributed by atoms with Crippen LogP contribution in [0.2, 0.25) is 5.15 Å². The molecule has 0 unspecified atom stereocenters. The summed E-state index contributed by atoms with van der Waals surface area (Å²) in [7, 11) is 0. The van der Waals surface area contributed by atoms with Crippen molar-refractivity contribution >= 4 is 41.3 Å². The molecular formula is C24H32ClN4O6+. The lowest BCUT2D eigenvalue weighted by molar-refractivity contribution is -0.458. The molecule has 10 nitrogen and oxygen atoms in total. The van der Waals surface area contributed by atoms with E-state index in [1.165, 1.54) is 4.68 Å². The Morgan fingerprint density at radius 3 is 2.69 bits per heavy atom. The number of aromatic nitrogens is 1. The number of nitrogens with zero attached hydrogens (tertiary/aromatic N) is 4. The highest BCUT2D eigenvalue weighted by Gasteiger charge is 2.58. The number of anilines is 1. The zero-order chi connectivity index (χ0) is 25.1. The predicted molar refractivity (Wildman–Crippen MR) is 129 cm³/mol. The van der Waals surface area contributed by atoms with E-state index in [9.17, 15) is 9.90 Å². The van der Waals surface area contributed by atoms with Gasteiger partial charge in [-0.2, -0.15) is 0 Å². The fourth-order valence-electron chi connectivity index (χ4n) is 5.09. The van der Waals surface area contributed by atoms with Crippen LogP contribution in [0.15, 0.2) is 11.2 Å². The monoisotopic (exact) mass is 507 g/mol. The second kappa shape index (κ2) is 8.69. The van der Waals surface area contributed by atoms with Gasteiger partial charge >= 0.3 is 17.8 Å². The minimum Gasteiger partial charge on any atom is -0.453 e. The van der Waals surface area contributed by atoms with Crippen molar-refractivity contribution in [1.29, 1.82) is 0 Å². The molecule has 1 aromatic rings. The van der Waals surface area contributed by atoms with Crippen molar-refractivity contribution in [3.63, 3.8) is 0 Å². The average molecular weight is 508 g/mol. The standard InChI is InChI=1S/C24H32ClN4O6/c1-23(2,3)35-22(31)28(13-8-6-7-9-13)15-10-17(25)27-20-14(15)11-26-29(20)21-19-18(16(12-30)32-21)33-24(4,5)34-19/h10-11,13,16,18-19,30H,6-9,12H2,1-5H3/q+1/b29-21-/t16-,18-,19-/m1/s1. The molecule has 0 radical (unpaired) electrons. The van der Waals surface area contributed by atoms with E-state index in [2.05, 4.69) is 10.1 Å². The normalized spacial score (nSPS) is 29.3. The summed E-state index contributed by atoms with van der Waals surface area (Å²) in [5.74, 6) is -0.0628. The topological polar surface area (TPSA) is 106 Å². The molecule has 3 aliphatic heterocycles. The Morgan fingerprint density at radius 1 is 1.31 bits per heavy atom. The maximum atomic E-state index is 13.4. The number of hydrogen-bond acceptors (Lipinski definition) is 8. The molecule has 5 rings (SSSR count). The zero-order valence-corrected chi connectivity index (χ0v) is 21.4. The van der Waals surface area contributed by atoms with Gasteiger partial charge in [-0.15, -0.1) is 0 Å². The number of aliphatic hydroxyl groups is 1. The number of fused-ring (bicyclic) bond motifs is 2. The van der Waals surface area contributed by atoms with Gasteiger partial charge in [0.15, 0.2) is 18.0 Å². The average Bonchev–Trinajstić information content (AvgIpc) is 3.50. The Bertz CT molecular complexity index is 1090. The Morgan fingerprint density at radius 2 is 2.03 bits per heavy atom. The first-order chi connectivity index (χ1) is 16.5. The molecule has 1 saturated carbocycles. The van der Waals surface area contributed by atoms with E-state index in [0.717, 1.165) is 25.7 Å². The second-order valence-electron chi connectivity index (χ2n) is 10.7. The summed E-state index contributed by atoms with van der Waals surface area (Å²) in [6, 6.07) is 1.66. The van der Waals surface area contributed by atoms with E-state index < -0.39 is 35.8 Å². The summed E-state index contributed by atoms with van der Waals surface area (Å²) in [5.41, 5.74) is 0.568. The van der Waals surface area contributed by atoms with E-state index in [4.69, 9.17) is 30.5 Å². The van der Waals surface area contributed by atoms with Crippen LogP contribution in [-0.4, -0.2) is 75.3 Å². The van der Waals surface area contributed by atoms with Gasteiger partial charge in [0.05, 0.1) is 18.5 Å². The first kappa shape index (κ1) is 24.4. The van der Waals surface area contributed by atoms with Gasteiger partial charge in [-0.05, 0) is 64.0 Å². The molecule has 11 heteroatoms. The molecule has 1 aromatic heterocycles. The number of ether oxygens (including phenoxy) is 4. The van der Waals surface area contributed by atoms with Crippen molar-refractivity contribution in [2.24, 2.45) is 5.10 Å². The first-order valence-corrected chi connectivity index (χ1v) is 12.4. The van der Waals surface area contributed by atoms with E-state index in [-0.39, 0.29) is 17.8 Å². The predicted octanol–water partition coefficient (Wildman–Crippen LogP) is 3.72. The van der Waals surface area contributed by atoms with E-state index in [1.807, 2.05) is 34.6 Å². The third-order valence-corrected chi connectivity index (χ3v) is 6.62. The van der Waals surface area contributed by atoms with Crippen molar-refractivity contribution in [3.8, 4) is 0 Å². The van der Waals surface area contributed by atoms with E-state index in [0.29, 0.717) is 23.0 Å². The number of carbonyl (C=O) groups is 1. The fraction of sp³-hybridized carbons (Fsp3) is 0.667. The van der Waals surface area contributed by atoms with E-state index in [1.54, 1.807) is 17.2 Å². The van der Waals surface area contributed by atoms with Gasteiger partial charge in [0.1, 0.15) is 17.3 Å². The number of hydrogen-bond donors (Lipinski definition) is 1. The van der Waals surface area contributed by atoms with Crippen molar-refractivity contribution in [2.75, 3.05) is 11.5 Å². The van der Waals surface area contributed by atoms with Crippen LogP contribution in [0, 0.1) is 0 Å². The number of amides is 1. The second-order valence-corrected chi connectivity index (χ2v) is 11.1. The maximum absolute atomic E-state index is 13.4. The minimum atomic E-state index is -0.840. The third-order valence-electron chi connectivity index (χ3n) is 6.43. The fourth-order valence-corrected chi connectivity index (χ4v) is 5.27. The van der Waals surface area contributed by atoms with Crippen molar-refractivity contribution in [2.45, 2.75) is 96.0 Å². The third kappa shape index (κ3) is 4.52. The molecule has 1 N–H and O–H groups in total. The molecule has 0 bridgehead atoms. The summed E-state index contributed by atoms with van der Waals surface area (Å²) in [4.78, 5) is 19.6. The maximum Gasteiger partial charge on any atom is 0.415 e. The van der Waals surface area contributed by atoms with Gasteiger partial charge in [0.2, 0.25) is 5.15 Å². The highest BCUT2D eigenvalue weighted by atomic mass is 35.5. The van der Waals surface area contributed by atoms with Gasteiger partial charge in [-0.25, -0.2) is 4.79 Å². The van der Waals surface area contributed by atoms with Gasteiger partial charge in [0, 0.05) is 12.1 Å². The minimum absolute atomic E-state index is 0.0132. The lowest BCUT2D eigenvalue weighted by Crippen LogP contribution is -2.43. The van der Waals surface area contributed by atoms with Crippen LogP contribution in [0.25, 0.3) is 0 Å². The number of pyridine rings is 1. The smallest absolute Gasteiger partial charge is 0.415 e. The lowest BCUT2D eigenvalue weighted by atomic mass is 10.1. The number of halogens is 1. The van der Waals surface area contributed by atoms with Crippen LogP contribution in [0.4, 0.5) is 16.3 Å². The summed E-state index contributed by atoms with van der Waals surface area (Å²) >= 11 is 6.48. The Balaban J connectivity index is 1.59. The van der Waals surface area contributed by atoms with Crippen molar-refractivity contribution in [1.82, 2.24) is 4.98 Å². The lowest BCUT2D eigenvalue weighted by Gasteiger charge is -2.31. The van der Waals surface area contributed by atoms with E-state index >= 15 is 0 Å². The molecule has 35 heavy (non-hydrogen) atoms. The van der Waals surface area contributed by atoms with Gasteiger partial charge in [-0.3, -0.25) is 4.90 Å².